The van der Waals surface area contributed by atoms with E-state index >= 15 is 0 Å². The van der Waals surface area contributed by atoms with Gasteiger partial charge in [-0.15, -0.1) is 0 Å². The molecule has 5 heteroatoms. The number of aliphatic hydroxyl groups is 1. The van der Waals surface area contributed by atoms with Crippen molar-refractivity contribution in [2.45, 2.75) is 51.3 Å². The van der Waals surface area contributed by atoms with E-state index in [9.17, 15) is 9.90 Å². The molecule has 23 heavy (non-hydrogen) atoms. The zero-order valence-corrected chi connectivity index (χ0v) is 14.5. The second-order valence-electron chi connectivity index (χ2n) is 6.53. The smallest absolute Gasteiger partial charge is 0.317 e. The van der Waals surface area contributed by atoms with E-state index in [2.05, 4.69) is 34.5 Å². The van der Waals surface area contributed by atoms with Gasteiger partial charge in [-0.05, 0) is 50.3 Å². The summed E-state index contributed by atoms with van der Waals surface area (Å²) in [6, 6.07) is 8.47. The van der Waals surface area contributed by atoms with E-state index in [1.54, 1.807) is 0 Å². The predicted molar refractivity (Wildman–Crippen MR) is 93.6 cm³/mol. The molecule has 2 rings (SSSR count). The standard InChI is InChI=1S/C18H29N3O2/c1-4-21(13-14-5-9-16(10-6-14)20(2)3)18(23)19-15-7-11-17(22)12-8-15/h5-6,9-10,15,17,22H,4,7-8,11-13H2,1-3H3,(H,19,23). The van der Waals surface area contributed by atoms with Crippen LogP contribution in [0, 0.1) is 0 Å². The van der Waals surface area contributed by atoms with Crippen molar-refractivity contribution in [3.63, 3.8) is 0 Å². The van der Waals surface area contributed by atoms with Gasteiger partial charge in [-0.2, -0.15) is 0 Å². The molecule has 0 saturated heterocycles. The van der Waals surface area contributed by atoms with Crippen LogP contribution in [0.4, 0.5) is 10.5 Å². The summed E-state index contributed by atoms with van der Waals surface area (Å²) in [6.07, 6.45) is 3.09. The average molecular weight is 319 g/mol. The van der Waals surface area contributed by atoms with Gasteiger partial charge in [0.25, 0.3) is 0 Å². The predicted octanol–water partition coefficient (Wildman–Crippen LogP) is 2.59. The number of amides is 2. The van der Waals surface area contributed by atoms with Gasteiger partial charge in [-0.25, -0.2) is 4.79 Å². The Bertz CT molecular complexity index is 493. The van der Waals surface area contributed by atoms with Crippen molar-refractivity contribution in [2.24, 2.45) is 0 Å². The monoisotopic (exact) mass is 319 g/mol. The second-order valence-corrected chi connectivity index (χ2v) is 6.53. The summed E-state index contributed by atoms with van der Waals surface area (Å²) in [7, 11) is 4.03. The minimum atomic E-state index is -0.194. The minimum Gasteiger partial charge on any atom is -0.393 e. The van der Waals surface area contributed by atoms with Crippen molar-refractivity contribution in [1.29, 1.82) is 0 Å². The van der Waals surface area contributed by atoms with Crippen LogP contribution in [0.25, 0.3) is 0 Å². The number of benzene rings is 1. The van der Waals surface area contributed by atoms with Crippen molar-refractivity contribution in [2.75, 3.05) is 25.5 Å². The number of rotatable bonds is 5. The van der Waals surface area contributed by atoms with Crippen LogP contribution in [0.15, 0.2) is 24.3 Å². The lowest BCUT2D eigenvalue weighted by atomic mass is 9.93. The molecule has 0 bridgehead atoms. The van der Waals surface area contributed by atoms with Crippen LogP contribution in [0.3, 0.4) is 0 Å². The largest absolute Gasteiger partial charge is 0.393 e. The molecule has 0 heterocycles. The van der Waals surface area contributed by atoms with E-state index in [1.165, 1.54) is 0 Å². The summed E-state index contributed by atoms with van der Waals surface area (Å²) in [4.78, 5) is 16.3. The van der Waals surface area contributed by atoms with Crippen molar-refractivity contribution in [3.05, 3.63) is 29.8 Å². The van der Waals surface area contributed by atoms with Crippen LogP contribution < -0.4 is 10.2 Å². The van der Waals surface area contributed by atoms with E-state index in [4.69, 9.17) is 0 Å². The number of nitrogens with one attached hydrogen (secondary N) is 1. The molecule has 0 unspecified atom stereocenters. The zero-order valence-electron chi connectivity index (χ0n) is 14.5. The fourth-order valence-electron chi connectivity index (χ4n) is 2.93. The van der Waals surface area contributed by atoms with Crippen molar-refractivity contribution < 1.29 is 9.90 Å². The summed E-state index contributed by atoms with van der Waals surface area (Å²) >= 11 is 0. The highest BCUT2D eigenvalue weighted by molar-refractivity contribution is 5.74. The number of carbonyl (C=O) groups is 1. The molecule has 128 valence electrons. The Morgan fingerprint density at radius 3 is 2.30 bits per heavy atom. The second kappa shape index (κ2) is 8.20. The Labute approximate surface area is 139 Å². The quantitative estimate of drug-likeness (QED) is 0.877. The molecular weight excluding hydrogens is 290 g/mol. The Balaban J connectivity index is 1.89. The molecule has 0 spiro atoms. The summed E-state index contributed by atoms with van der Waals surface area (Å²) in [5.41, 5.74) is 2.29. The maximum Gasteiger partial charge on any atom is 0.317 e. The zero-order chi connectivity index (χ0) is 16.8. The molecule has 2 N–H and O–H groups in total. The number of urea groups is 1. The summed E-state index contributed by atoms with van der Waals surface area (Å²) in [6.45, 7) is 3.29. The molecule has 1 aliphatic rings. The van der Waals surface area contributed by atoms with Gasteiger partial charge in [0.1, 0.15) is 0 Å². The van der Waals surface area contributed by atoms with Gasteiger partial charge in [0.15, 0.2) is 0 Å². The average Bonchev–Trinajstić information content (AvgIpc) is 2.55. The van der Waals surface area contributed by atoms with Gasteiger partial charge in [0.2, 0.25) is 0 Å². The highest BCUT2D eigenvalue weighted by Gasteiger charge is 2.22. The molecule has 0 aromatic heterocycles. The topological polar surface area (TPSA) is 55.8 Å². The van der Waals surface area contributed by atoms with Gasteiger partial charge in [0, 0.05) is 38.9 Å². The summed E-state index contributed by atoms with van der Waals surface area (Å²) < 4.78 is 0. The molecule has 2 amide bonds. The Hall–Kier alpha value is -1.75. The maximum absolute atomic E-state index is 12.4. The minimum absolute atomic E-state index is 0.00873. The van der Waals surface area contributed by atoms with Crippen molar-refractivity contribution in [3.8, 4) is 0 Å². The summed E-state index contributed by atoms with van der Waals surface area (Å²) in [5.74, 6) is 0. The Morgan fingerprint density at radius 1 is 1.17 bits per heavy atom. The number of aliphatic hydroxyl groups excluding tert-OH is 1. The van der Waals surface area contributed by atoms with Gasteiger partial charge in [-0.3, -0.25) is 0 Å². The number of carbonyl (C=O) groups excluding carboxylic acids is 1. The van der Waals surface area contributed by atoms with Crippen molar-refractivity contribution >= 4 is 11.7 Å². The molecule has 1 aliphatic carbocycles. The van der Waals surface area contributed by atoms with Crippen LogP contribution in [0.5, 0.6) is 0 Å². The normalized spacial score (nSPS) is 20.9. The molecule has 1 aromatic rings. The maximum atomic E-state index is 12.4. The fourth-order valence-corrected chi connectivity index (χ4v) is 2.93. The molecule has 1 fully saturated rings. The van der Waals surface area contributed by atoms with Crippen LogP contribution in [0.1, 0.15) is 38.2 Å². The van der Waals surface area contributed by atoms with Crippen LogP contribution in [-0.4, -0.2) is 48.8 Å². The lowest BCUT2D eigenvalue weighted by molar-refractivity contribution is 0.115. The first-order valence-electron chi connectivity index (χ1n) is 8.49. The number of hydrogen-bond donors (Lipinski definition) is 2. The van der Waals surface area contributed by atoms with E-state index in [1.807, 2.05) is 25.9 Å². The van der Waals surface area contributed by atoms with Crippen molar-refractivity contribution in [1.82, 2.24) is 10.2 Å². The highest BCUT2D eigenvalue weighted by Crippen LogP contribution is 2.19. The first-order chi connectivity index (χ1) is 11.0. The third-order valence-electron chi connectivity index (χ3n) is 4.52. The van der Waals surface area contributed by atoms with Crippen LogP contribution in [0.2, 0.25) is 0 Å². The molecule has 0 radical (unpaired) electrons. The Morgan fingerprint density at radius 2 is 1.78 bits per heavy atom. The number of hydrogen-bond acceptors (Lipinski definition) is 3. The van der Waals surface area contributed by atoms with Gasteiger partial charge < -0.3 is 20.2 Å². The third kappa shape index (κ3) is 5.13. The van der Waals surface area contributed by atoms with Gasteiger partial charge in [-0.1, -0.05) is 12.1 Å². The highest BCUT2D eigenvalue weighted by atomic mass is 16.3. The van der Waals surface area contributed by atoms with E-state index in [-0.39, 0.29) is 18.2 Å². The first kappa shape index (κ1) is 17.6. The number of anilines is 1. The van der Waals surface area contributed by atoms with Crippen LogP contribution in [-0.2, 0) is 6.54 Å². The SMILES string of the molecule is CCN(Cc1ccc(N(C)C)cc1)C(=O)NC1CCC(O)CC1. The molecular formula is C18H29N3O2. The molecule has 5 nitrogen and oxygen atoms in total. The number of nitrogens with zero attached hydrogens (tertiary/aromatic N) is 2. The molecule has 0 atom stereocenters. The fraction of sp³-hybridized carbons (Fsp3) is 0.611. The third-order valence-corrected chi connectivity index (χ3v) is 4.52. The van der Waals surface area contributed by atoms with E-state index < -0.39 is 0 Å². The van der Waals surface area contributed by atoms with Crippen LogP contribution >= 0.6 is 0 Å². The molecule has 0 aliphatic heterocycles. The molecule has 1 saturated carbocycles. The molecule has 1 aromatic carbocycles. The van der Waals surface area contributed by atoms with Gasteiger partial charge >= 0.3 is 6.03 Å². The van der Waals surface area contributed by atoms with Gasteiger partial charge in [0.05, 0.1) is 6.10 Å². The summed E-state index contributed by atoms with van der Waals surface area (Å²) in [5, 5.41) is 12.7. The lowest BCUT2D eigenvalue weighted by Gasteiger charge is -2.29. The Kier molecular flexibility index (Phi) is 6.28. The van der Waals surface area contributed by atoms with E-state index in [0.29, 0.717) is 13.1 Å². The lowest BCUT2D eigenvalue weighted by Crippen LogP contribution is -2.46. The van der Waals surface area contributed by atoms with E-state index in [0.717, 1.165) is 36.9 Å². The first-order valence-corrected chi connectivity index (χ1v) is 8.49.